The minimum absolute atomic E-state index is 0.409. The standard InChI is InChI=1S/C16H15IO2/c17-13-5-1-11(2-6-13)16(18)12-3-7-14(8-4-12)19-15-9-10-15/h1-8,15-16,18H,9-10H2. The van der Waals surface area contributed by atoms with Crippen LogP contribution < -0.4 is 4.74 Å². The minimum atomic E-state index is -0.577. The van der Waals surface area contributed by atoms with E-state index in [1.165, 1.54) is 3.57 Å². The Labute approximate surface area is 126 Å². The molecule has 1 aliphatic carbocycles. The summed E-state index contributed by atoms with van der Waals surface area (Å²) in [4.78, 5) is 0. The molecule has 1 fully saturated rings. The number of rotatable bonds is 4. The Morgan fingerprint density at radius 2 is 1.47 bits per heavy atom. The van der Waals surface area contributed by atoms with E-state index in [4.69, 9.17) is 4.74 Å². The Bertz CT molecular complexity index is 544. The van der Waals surface area contributed by atoms with E-state index in [0.717, 1.165) is 29.7 Å². The van der Waals surface area contributed by atoms with Crippen molar-refractivity contribution in [2.24, 2.45) is 0 Å². The molecular formula is C16H15IO2. The van der Waals surface area contributed by atoms with Gasteiger partial charge >= 0.3 is 0 Å². The predicted molar refractivity (Wildman–Crippen MR) is 83.3 cm³/mol. The summed E-state index contributed by atoms with van der Waals surface area (Å²) in [5, 5.41) is 10.3. The molecule has 0 radical (unpaired) electrons. The minimum Gasteiger partial charge on any atom is -0.490 e. The zero-order valence-corrected chi connectivity index (χ0v) is 12.6. The third kappa shape index (κ3) is 3.28. The van der Waals surface area contributed by atoms with Crippen LogP contribution in [0.3, 0.4) is 0 Å². The van der Waals surface area contributed by atoms with Crippen LogP contribution in [0.25, 0.3) is 0 Å². The van der Waals surface area contributed by atoms with Gasteiger partial charge in [-0.05, 0) is 70.8 Å². The van der Waals surface area contributed by atoms with Gasteiger partial charge in [0.1, 0.15) is 11.9 Å². The fourth-order valence-corrected chi connectivity index (χ4v) is 2.30. The molecule has 1 atom stereocenters. The summed E-state index contributed by atoms with van der Waals surface area (Å²) in [7, 11) is 0. The second-order valence-electron chi connectivity index (χ2n) is 4.84. The second kappa shape index (κ2) is 5.51. The van der Waals surface area contributed by atoms with Crippen molar-refractivity contribution in [1.82, 2.24) is 0 Å². The second-order valence-corrected chi connectivity index (χ2v) is 6.09. The van der Waals surface area contributed by atoms with Crippen LogP contribution in [-0.4, -0.2) is 11.2 Å². The highest BCUT2D eigenvalue weighted by atomic mass is 127. The molecule has 0 aromatic heterocycles. The van der Waals surface area contributed by atoms with Gasteiger partial charge in [-0.25, -0.2) is 0 Å². The molecule has 1 aliphatic rings. The smallest absolute Gasteiger partial charge is 0.119 e. The fourth-order valence-electron chi connectivity index (χ4n) is 1.94. The SMILES string of the molecule is OC(c1ccc(I)cc1)c1ccc(OC2CC2)cc1. The van der Waals surface area contributed by atoms with Crippen molar-refractivity contribution in [3.05, 3.63) is 63.2 Å². The quantitative estimate of drug-likeness (QED) is 0.832. The number of hydrogen-bond acceptors (Lipinski definition) is 2. The Kier molecular flexibility index (Phi) is 3.75. The lowest BCUT2D eigenvalue weighted by molar-refractivity contribution is 0.220. The van der Waals surface area contributed by atoms with E-state index in [0.29, 0.717) is 6.10 Å². The molecule has 0 bridgehead atoms. The Hall–Kier alpha value is -1.07. The van der Waals surface area contributed by atoms with Crippen molar-refractivity contribution in [2.75, 3.05) is 0 Å². The van der Waals surface area contributed by atoms with Gasteiger partial charge in [0.25, 0.3) is 0 Å². The molecule has 1 unspecified atom stereocenters. The Morgan fingerprint density at radius 1 is 0.947 bits per heavy atom. The zero-order chi connectivity index (χ0) is 13.2. The maximum Gasteiger partial charge on any atom is 0.119 e. The molecule has 1 N–H and O–H groups in total. The average molecular weight is 366 g/mol. The predicted octanol–water partition coefficient (Wildman–Crippen LogP) is 3.91. The molecule has 0 aliphatic heterocycles. The summed E-state index contributed by atoms with van der Waals surface area (Å²) in [5.41, 5.74) is 1.81. The molecule has 2 aromatic rings. The topological polar surface area (TPSA) is 29.5 Å². The van der Waals surface area contributed by atoms with Gasteiger partial charge in [-0.15, -0.1) is 0 Å². The Morgan fingerprint density at radius 3 is 2.00 bits per heavy atom. The van der Waals surface area contributed by atoms with Gasteiger partial charge in [-0.1, -0.05) is 24.3 Å². The van der Waals surface area contributed by atoms with Gasteiger partial charge in [0, 0.05) is 3.57 Å². The zero-order valence-electron chi connectivity index (χ0n) is 10.4. The summed E-state index contributed by atoms with van der Waals surface area (Å²) in [6.07, 6.45) is 2.15. The van der Waals surface area contributed by atoms with Crippen LogP contribution in [0.5, 0.6) is 5.75 Å². The van der Waals surface area contributed by atoms with Crippen LogP contribution in [0.1, 0.15) is 30.1 Å². The Balaban J connectivity index is 1.75. The van der Waals surface area contributed by atoms with Crippen LogP contribution >= 0.6 is 22.6 Å². The fraction of sp³-hybridized carbons (Fsp3) is 0.250. The first-order chi connectivity index (χ1) is 9.22. The van der Waals surface area contributed by atoms with E-state index in [1.54, 1.807) is 0 Å². The van der Waals surface area contributed by atoms with Crippen LogP contribution in [-0.2, 0) is 0 Å². The van der Waals surface area contributed by atoms with Crippen molar-refractivity contribution < 1.29 is 9.84 Å². The van der Waals surface area contributed by atoms with Crippen molar-refractivity contribution in [3.63, 3.8) is 0 Å². The first kappa shape index (κ1) is 12.9. The third-order valence-corrected chi connectivity index (χ3v) is 3.93. The van der Waals surface area contributed by atoms with Gasteiger partial charge in [0.2, 0.25) is 0 Å². The first-order valence-electron chi connectivity index (χ1n) is 6.42. The van der Waals surface area contributed by atoms with E-state index in [2.05, 4.69) is 22.6 Å². The van der Waals surface area contributed by atoms with Crippen molar-refractivity contribution in [3.8, 4) is 5.75 Å². The molecule has 0 amide bonds. The number of benzene rings is 2. The van der Waals surface area contributed by atoms with Crippen molar-refractivity contribution in [1.29, 1.82) is 0 Å². The molecule has 3 heteroatoms. The van der Waals surface area contributed by atoms with Crippen molar-refractivity contribution in [2.45, 2.75) is 25.0 Å². The number of ether oxygens (including phenoxy) is 1. The van der Waals surface area contributed by atoms with Gasteiger partial charge in [-0.3, -0.25) is 0 Å². The van der Waals surface area contributed by atoms with E-state index < -0.39 is 6.10 Å². The monoisotopic (exact) mass is 366 g/mol. The maximum absolute atomic E-state index is 10.3. The van der Waals surface area contributed by atoms with Crippen LogP contribution in [0.2, 0.25) is 0 Å². The molecule has 19 heavy (non-hydrogen) atoms. The van der Waals surface area contributed by atoms with E-state index in [1.807, 2.05) is 48.5 Å². The van der Waals surface area contributed by atoms with E-state index in [-0.39, 0.29) is 0 Å². The lowest BCUT2D eigenvalue weighted by Crippen LogP contribution is -2.00. The summed E-state index contributed by atoms with van der Waals surface area (Å²) >= 11 is 2.26. The summed E-state index contributed by atoms with van der Waals surface area (Å²) < 4.78 is 6.87. The maximum atomic E-state index is 10.3. The van der Waals surface area contributed by atoms with Crippen LogP contribution in [0.15, 0.2) is 48.5 Å². The number of aliphatic hydroxyl groups is 1. The largest absolute Gasteiger partial charge is 0.490 e. The molecule has 2 nitrogen and oxygen atoms in total. The lowest BCUT2D eigenvalue weighted by Gasteiger charge is -2.12. The van der Waals surface area contributed by atoms with Gasteiger partial charge < -0.3 is 9.84 Å². The van der Waals surface area contributed by atoms with Crippen molar-refractivity contribution >= 4 is 22.6 Å². The van der Waals surface area contributed by atoms with Crippen LogP contribution in [0, 0.1) is 3.57 Å². The molecular weight excluding hydrogens is 351 g/mol. The highest BCUT2D eigenvalue weighted by molar-refractivity contribution is 14.1. The summed E-state index contributed by atoms with van der Waals surface area (Å²) in [6, 6.07) is 15.7. The van der Waals surface area contributed by atoms with Gasteiger partial charge in [-0.2, -0.15) is 0 Å². The van der Waals surface area contributed by atoms with Gasteiger partial charge in [0.15, 0.2) is 0 Å². The highest BCUT2D eigenvalue weighted by Gasteiger charge is 2.23. The highest BCUT2D eigenvalue weighted by Crippen LogP contribution is 2.29. The number of halogens is 1. The summed E-state index contributed by atoms with van der Waals surface area (Å²) in [6.45, 7) is 0. The molecule has 3 rings (SSSR count). The third-order valence-electron chi connectivity index (χ3n) is 3.21. The molecule has 2 aromatic carbocycles. The average Bonchev–Trinajstić information content (AvgIpc) is 3.24. The lowest BCUT2D eigenvalue weighted by atomic mass is 10.0. The number of aliphatic hydroxyl groups excluding tert-OH is 1. The normalized spacial score (nSPS) is 16.1. The van der Waals surface area contributed by atoms with Crippen LogP contribution in [0.4, 0.5) is 0 Å². The van der Waals surface area contributed by atoms with E-state index >= 15 is 0 Å². The summed E-state index contributed by atoms with van der Waals surface area (Å²) in [5.74, 6) is 0.890. The number of hydrogen-bond donors (Lipinski definition) is 1. The molecule has 0 saturated heterocycles. The van der Waals surface area contributed by atoms with E-state index in [9.17, 15) is 5.11 Å². The van der Waals surface area contributed by atoms with Gasteiger partial charge in [0.05, 0.1) is 6.10 Å². The molecule has 0 heterocycles. The molecule has 98 valence electrons. The first-order valence-corrected chi connectivity index (χ1v) is 7.50. The molecule has 0 spiro atoms. The molecule has 1 saturated carbocycles.